The molecule has 0 aliphatic heterocycles. The highest BCUT2D eigenvalue weighted by Gasteiger charge is 2.23. The second-order valence-electron chi connectivity index (χ2n) is 5.28. The van der Waals surface area contributed by atoms with Crippen LogP contribution in [0.15, 0.2) is 10.9 Å². The number of rotatable bonds is 3. The van der Waals surface area contributed by atoms with Crippen molar-refractivity contribution in [3.63, 3.8) is 0 Å². The van der Waals surface area contributed by atoms with Crippen LogP contribution < -0.4 is 5.56 Å². The Morgan fingerprint density at radius 1 is 1.35 bits per heavy atom. The maximum atomic E-state index is 11.4. The number of hydrogen-bond acceptors (Lipinski definition) is 2. The number of nitrogens with one attached hydrogen (secondary N) is 1. The second-order valence-corrected chi connectivity index (χ2v) is 5.28. The molecule has 2 rings (SSSR count). The fraction of sp³-hybridized carbons (Fsp3) is 0.714. The van der Waals surface area contributed by atoms with E-state index in [1.54, 1.807) is 6.07 Å². The van der Waals surface area contributed by atoms with Crippen molar-refractivity contribution in [1.29, 1.82) is 0 Å². The van der Waals surface area contributed by atoms with Gasteiger partial charge in [-0.1, -0.05) is 19.8 Å². The molecule has 0 aromatic carbocycles. The summed E-state index contributed by atoms with van der Waals surface area (Å²) in [6.07, 6.45) is 7.57. The lowest BCUT2D eigenvalue weighted by molar-refractivity contribution is 0.302. The highest BCUT2D eigenvalue weighted by atomic mass is 16.1. The minimum Gasteiger partial charge on any atom is -0.310 e. The summed E-state index contributed by atoms with van der Waals surface area (Å²) in [5, 5.41) is 0. The zero-order chi connectivity index (χ0) is 12.3. The molecule has 1 aromatic heterocycles. The van der Waals surface area contributed by atoms with E-state index in [2.05, 4.69) is 16.9 Å². The molecule has 0 saturated heterocycles. The van der Waals surface area contributed by atoms with Gasteiger partial charge in [0, 0.05) is 17.7 Å². The average molecular weight is 234 g/mol. The highest BCUT2D eigenvalue weighted by molar-refractivity contribution is 5.05. The molecule has 1 aliphatic rings. The Bertz CT molecular complexity index is 416. The van der Waals surface area contributed by atoms with E-state index in [9.17, 15) is 4.79 Å². The van der Waals surface area contributed by atoms with Crippen molar-refractivity contribution in [2.45, 2.75) is 58.3 Å². The molecule has 1 aromatic rings. The first-order chi connectivity index (χ1) is 8.19. The number of aryl methyl sites for hydroxylation is 1. The topological polar surface area (TPSA) is 45.8 Å². The first-order valence-corrected chi connectivity index (χ1v) is 6.77. The molecule has 0 bridgehead atoms. The van der Waals surface area contributed by atoms with Gasteiger partial charge in [0.25, 0.3) is 5.56 Å². The maximum Gasteiger partial charge on any atom is 0.251 e. The van der Waals surface area contributed by atoms with Gasteiger partial charge in [-0.05, 0) is 38.5 Å². The normalized spacial score (nSPS) is 24.8. The summed E-state index contributed by atoms with van der Waals surface area (Å²) < 4.78 is 0. The zero-order valence-corrected chi connectivity index (χ0v) is 10.8. The van der Waals surface area contributed by atoms with Gasteiger partial charge in [0.15, 0.2) is 0 Å². The van der Waals surface area contributed by atoms with Gasteiger partial charge in [-0.2, -0.15) is 0 Å². The summed E-state index contributed by atoms with van der Waals surface area (Å²) in [5.41, 5.74) is 0.822. The summed E-state index contributed by atoms with van der Waals surface area (Å²) in [6, 6.07) is 1.56. The summed E-state index contributed by atoms with van der Waals surface area (Å²) in [4.78, 5) is 18.8. The lowest BCUT2D eigenvalue weighted by Crippen LogP contribution is -2.19. The van der Waals surface area contributed by atoms with Crippen molar-refractivity contribution in [2.24, 2.45) is 5.92 Å². The molecule has 1 aliphatic carbocycles. The van der Waals surface area contributed by atoms with Gasteiger partial charge in [0.05, 0.1) is 0 Å². The third kappa shape index (κ3) is 3.18. The van der Waals surface area contributed by atoms with Crippen LogP contribution >= 0.6 is 0 Å². The van der Waals surface area contributed by atoms with Gasteiger partial charge in [-0.25, -0.2) is 4.98 Å². The highest BCUT2D eigenvalue weighted by Crippen LogP contribution is 2.35. The molecule has 0 spiro atoms. The Hall–Kier alpha value is -1.12. The van der Waals surface area contributed by atoms with Gasteiger partial charge >= 0.3 is 0 Å². The summed E-state index contributed by atoms with van der Waals surface area (Å²) >= 11 is 0. The minimum atomic E-state index is -0.0109. The molecular formula is C14H22N2O. The smallest absolute Gasteiger partial charge is 0.251 e. The van der Waals surface area contributed by atoms with Crippen LogP contribution in [0.25, 0.3) is 0 Å². The van der Waals surface area contributed by atoms with Crippen LogP contribution in [0.5, 0.6) is 0 Å². The van der Waals surface area contributed by atoms with Crippen molar-refractivity contribution < 1.29 is 0 Å². The molecular weight excluding hydrogens is 212 g/mol. The standard InChI is InChI=1S/C14H22N2O/c1-3-4-11-5-7-12(8-6-11)14-15-10(2)9-13(17)16-14/h9,11-12H,3-8H2,1-2H3,(H,15,16,17). The van der Waals surface area contributed by atoms with Crippen LogP contribution in [-0.4, -0.2) is 9.97 Å². The largest absolute Gasteiger partial charge is 0.310 e. The minimum absolute atomic E-state index is 0.0109. The Balaban J connectivity index is 2.02. The van der Waals surface area contributed by atoms with E-state index in [0.717, 1.165) is 17.4 Å². The first kappa shape index (κ1) is 12.3. The van der Waals surface area contributed by atoms with Crippen LogP contribution in [0, 0.1) is 12.8 Å². The van der Waals surface area contributed by atoms with E-state index < -0.39 is 0 Å². The maximum absolute atomic E-state index is 11.4. The molecule has 1 heterocycles. The van der Waals surface area contributed by atoms with Crippen LogP contribution in [-0.2, 0) is 0 Å². The molecule has 94 valence electrons. The number of hydrogen-bond donors (Lipinski definition) is 1. The van der Waals surface area contributed by atoms with E-state index in [0.29, 0.717) is 5.92 Å². The molecule has 0 unspecified atom stereocenters. The fourth-order valence-corrected chi connectivity index (χ4v) is 2.93. The summed E-state index contributed by atoms with van der Waals surface area (Å²) in [5.74, 6) is 2.27. The van der Waals surface area contributed by atoms with Crippen molar-refractivity contribution in [2.75, 3.05) is 0 Å². The van der Waals surface area contributed by atoms with Gasteiger partial charge < -0.3 is 4.98 Å². The van der Waals surface area contributed by atoms with E-state index in [-0.39, 0.29) is 5.56 Å². The quantitative estimate of drug-likeness (QED) is 0.873. The van der Waals surface area contributed by atoms with E-state index in [1.165, 1.54) is 38.5 Å². The molecule has 0 radical (unpaired) electrons. The molecule has 0 amide bonds. The molecule has 3 nitrogen and oxygen atoms in total. The predicted molar refractivity (Wildman–Crippen MR) is 69.2 cm³/mol. The van der Waals surface area contributed by atoms with E-state index in [4.69, 9.17) is 0 Å². The van der Waals surface area contributed by atoms with Crippen LogP contribution in [0.2, 0.25) is 0 Å². The Kier molecular flexibility index (Phi) is 3.97. The van der Waals surface area contributed by atoms with Gasteiger partial charge in [-0.3, -0.25) is 4.79 Å². The summed E-state index contributed by atoms with van der Waals surface area (Å²) in [7, 11) is 0. The Morgan fingerprint density at radius 3 is 2.65 bits per heavy atom. The van der Waals surface area contributed by atoms with Crippen molar-refractivity contribution in [1.82, 2.24) is 9.97 Å². The molecule has 1 saturated carbocycles. The van der Waals surface area contributed by atoms with Crippen LogP contribution in [0.1, 0.15) is 62.9 Å². The number of aromatic nitrogens is 2. The van der Waals surface area contributed by atoms with Crippen LogP contribution in [0.3, 0.4) is 0 Å². The fourth-order valence-electron chi connectivity index (χ4n) is 2.93. The third-order valence-corrected chi connectivity index (χ3v) is 3.82. The van der Waals surface area contributed by atoms with Gasteiger partial charge in [0.1, 0.15) is 5.82 Å². The lowest BCUT2D eigenvalue weighted by atomic mass is 9.80. The van der Waals surface area contributed by atoms with Gasteiger partial charge in [0.2, 0.25) is 0 Å². The van der Waals surface area contributed by atoms with Crippen LogP contribution in [0.4, 0.5) is 0 Å². The molecule has 1 N–H and O–H groups in total. The number of nitrogens with zero attached hydrogens (tertiary/aromatic N) is 1. The lowest BCUT2D eigenvalue weighted by Gasteiger charge is -2.27. The SMILES string of the molecule is CCCC1CCC(c2nc(C)cc(=O)[nH]2)CC1. The molecule has 17 heavy (non-hydrogen) atoms. The Labute approximate surface area is 103 Å². The van der Waals surface area contributed by atoms with Crippen molar-refractivity contribution >= 4 is 0 Å². The second kappa shape index (κ2) is 5.48. The predicted octanol–water partition coefficient (Wildman–Crippen LogP) is 3.15. The van der Waals surface area contributed by atoms with Gasteiger partial charge in [-0.15, -0.1) is 0 Å². The zero-order valence-electron chi connectivity index (χ0n) is 10.8. The van der Waals surface area contributed by atoms with Crippen molar-refractivity contribution in [3.05, 3.63) is 27.9 Å². The number of H-pyrrole nitrogens is 1. The van der Waals surface area contributed by atoms with Crippen molar-refractivity contribution in [3.8, 4) is 0 Å². The molecule has 3 heteroatoms. The molecule has 1 fully saturated rings. The monoisotopic (exact) mass is 234 g/mol. The first-order valence-electron chi connectivity index (χ1n) is 6.77. The summed E-state index contributed by atoms with van der Waals surface area (Å²) in [6.45, 7) is 4.15. The van der Waals surface area contributed by atoms with E-state index >= 15 is 0 Å². The Morgan fingerprint density at radius 2 is 2.06 bits per heavy atom. The average Bonchev–Trinajstić information content (AvgIpc) is 2.29. The number of aromatic amines is 1. The van der Waals surface area contributed by atoms with E-state index in [1.807, 2.05) is 6.92 Å². The molecule has 0 atom stereocenters. The third-order valence-electron chi connectivity index (χ3n) is 3.82.